The van der Waals surface area contributed by atoms with E-state index < -0.39 is 16.5 Å². The van der Waals surface area contributed by atoms with E-state index in [0.29, 0.717) is 5.56 Å². The first-order valence-electron chi connectivity index (χ1n) is 7.47. The zero-order chi connectivity index (χ0) is 17.7. The molecule has 0 saturated carbocycles. The number of esters is 1. The van der Waals surface area contributed by atoms with E-state index in [1.165, 1.54) is 17.8 Å². The van der Waals surface area contributed by atoms with Crippen LogP contribution in [0.15, 0.2) is 58.3 Å². The lowest BCUT2D eigenvalue weighted by Crippen LogP contribution is -2.25. The predicted molar refractivity (Wildman–Crippen MR) is 93.2 cm³/mol. The Morgan fingerprint density at radius 2 is 1.79 bits per heavy atom. The number of carbonyl (C=O) groups is 1. The Labute approximate surface area is 145 Å². The molecule has 0 spiro atoms. The molecule has 0 aliphatic rings. The third kappa shape index (κ3) is 5.38. The maximum atomic E-state index is 12.0. The second-order valence-electron chi connectivity index (χ2n) is 6.23. The lowest BCUT2D eigenvalue weighted by molar-refractivity contribution is -0.385. The molecule has 2 rings (SSSR count). The molecular weight excluding hydrogens is 326 g/mol. The molecule has 0 atom stereocenters. The molecule has 0 heterocycles. The summed E-state index contributed by atoms with van der Waals surface area (Å²) in [5.74, 6) is -0.479. The van der Waals surface area contributed by atoms with Gasteiger partial charge in [0.1, 0.15) is 5.60 Å². The molecule has 0 aliphatic carbocycles. The van der Waals surface area contributed by atoms with E-state index in [9.17, 15) is 14.9 Å². The van der Waals surface area contributed by atoms with Crippen molar-refractivity contribution in [2.75, 3.05) is 0 Å². The van der Waals surface area contributed by atoms with Crippen LogP contribution in [0.25, 0.3) is 0 Å². The summed E-state index contributed by atoms with van der Waals surface area (Å²) < 4.78 is 5.27. The fourth-order valence-electron chi connectivity index (χ4n) is 2.10. The third-order valence-electron chi connectivity index (χ3n) is 2.98. The first-order valence-corrected chi connectivity index (χ1v) is 8.28. The normalized spacial score (nSPS) is 11.1. The maximum absolute atomic E-state index is 12.0. The summed E-state index contributed by atoms with van der Waals surface area (Å²) in [6, 6.07) is 14.5. The smallest absolute Gasteiger partial charge is 0.311 e. The van der Waals surface area contributed by atoms with Gasteiger partial charge < -0.3 is 4.74 Å². The van der Waals surface area contributed by atoms with Crippen molar-refractivity contribution in [2.45, 2.75) is 42.6 Å². The van der Waals surface area contributed by atoms with Gasteiger partial charge in [0.15, 0.2) is 0 Å². The lowest BCUT2D eigenvalue weighted by atomic mass is 10.1. The highest BCUT2D eigenvalue weighted by atomic mass is 32.2. The number of benzene rings is 2. The van der Waals surface area contributed by atoms with E-state index in [-0.39, 0.29) is 12.1 Å². The lowest BCUT2D eigenvalue weighted by Gasteiger charge is -2.19. The first kappa shape index (κ1) is 18.0. The Morgan fingerprint density at radius 1 is 1.12 bits per heavy atom. The van der Waals surface area contributed by atoms with Gasteiger partial charge in [0, 0.05) is 21.4 Å². The van der Waals surface area contributed by atoms with Crippen LogP contribution in [0.5, 0.6) is 0 Å². The van der Waals surface area contributed by atoms with Gasteiger partial charge in [-0.1, -0.05) is 30.0 Å². The Hall–Kier alpha value is -2.34. The summed E-state index contributed by atoms with van der Waals surface area (Å²) in [7, 11) is 0. The topological polar surface area (TPSA) is 69.4 Å². The largest absolute Gasteiger partial charge is 0.460 e. The number of hydrogen-bond donors (Lipinski definition) is 0. The number of nitro groups is 1. The Bertz CT molecular complexity index is 738. The summed E-state index contributed by atoms with van der Waals surface area (Å²) >= 11 is 1.49. The molecule has 24 heavy (non-hydrogen) atoms. The van der Waals surface area contributed by atoms with Crippen molar-refractivity contribution in [1.29, 1.82) is 0 Å². The SMILES string of the molecule is CC(C)(C)OC(=O)Cc1cc(Sc2ccccc2)ccc1[N+](=O)[O-]. The summed E-state index contributed by atoms with van der Waals surface area (Å²) in [5.41, 5.74) is -0.337. The minimum atomic E-state index is -0.623. The van der Waals surface area contributed by atoms with E-state index in [1.807, 2.05) is 30.3 Å². The molecule has 2 aromatic rings. The van der Waals surface area contributed by atoms with Crippen molar-refractivity contribution in [2.24, 2.45) is 0 Å². The van der Waals surface area contributed by atoms with E-state index in [0.717, 1.165) is 9.79 Å². The van der Waals surface area contributed by atoms with Gasteiger partial charge in [-0.3, -0.25) is 14.9 Å². The first-order chi connectivity index (χ1) is 11.2. The number of hydrogen-bond acceptors (Lipinski definition) is 5. The summed E-state index contributed by atoms with van der Waals surface area (Å²) in [4.78, 5) is 24.6. The van der Waals surface area contributed by atoms with E-state index in [1.54, 1.807) is 32.9 Å². The van der Waals surface area contributed by atoms with Crippen LogP contribution >= 0.6 is 11.8 Å². The van der Waals surface area contributed by atoms with Gasteiger partial charge in [-0.2, -0.15) is 0 Å². The van der Waals surface area contributed by atoms with Crippen LogP contribution in [0, 0.1) is 10.1 Å². The minimum absolute atomic E-state index is 0.0710. The molecule has 0 unspecified atom stereocenters. The molecule has 6 heteroatoms. The number of nitro benzene ring substituents is 1. The molecule has 0 N–H and O–H groups in total. The highest BCUT2D eigenvalue weighted by Gasteiger charge is 2.21. The van der Waals surface area contributed by atoms with Crippen molar-refractivity contribution >= 4 is 23.4 Å². The van der Waals surface area contributed by atoms with E-state index in [2.05, 4.69) is 0 Å². The molecule has 126 valence electrons. The summed E-state index contributed by atoms with van der Waals surface area (Å²) in [5, 5.41) is 11.2. The van der Waals surface area contributed by atoms with Crippen molar-refractivity contribution in [3.05, 3.63) is 64.2 Å². The molecule has 0 radical (unpaired) electrons. The highest BCUT2D eigenvalue weighted by molar-refractivity contribution is 7.99. The van der Waals surface area contributed by atoms with Gasteiger partial charge >= 0.3 is 5.97 Å². The highest BCUT2D eigenvalue weighted by Crippen LogP contribution is 2.31. The molecule has 5 nitrogen and oxygen atoms in total. The average molecular weight is 345 g/mol. The van der Waals surface area contributed by atoms with Crippen LogP contribution in [-0.2, 0) is 16.0 Å². The fraction of sp³-hybridized carbons (Fsp3) is 0.278. The Morgan fingerprint density at radius 3 is 2.38 bits per heavy atom. The average Bonchev–Trinajstić information content (AvgIpc) is 2.46. The maximum Gasteiger partial charge on any atom is 0.311 e. The van der Waals surface area contributed by atoms with Gasteiger partial charge in [0.05, 0.1) is 11.3 Å². The number of carbonyl (C=O) groups excluding carboxylic acids is 1. The van der Waals surface area contributed by atoms with Gasteiger partial charge in [-0.05, 0) is 45.0 Å². The second kappa shape index (κ2) is 7.49. The molecule has 0 saturated heterocycles. The van der Waals surface area contributed by atoms with Crippen molar-refractivity contribution in [3.63, 3.8) is 0 Å². The number of nitrogens with zero attached hydrogens (tertiary/aromatic N) is 1. The fourth-order valence-corrected chi connectivity index (χ4v) is 3.01. The number of rotatable bonds is 5. The van der Waals surface area contributed by atoms with Crippen LogP contribution in [0.2, 0.25) is 0 Å². The van der Waals surface area contributed by atoms with Gasteiger partial charge in [0.2, 0.25) is 0 Å². The minimum Gasteiger partial charge on any atom is -0.460 e. The van der Waals surface area contributed by atoms with Gasteiger partial charge in [-0.15, -0.1) is 0 Å². The molecule has 0 aliphatic heterocycles. The molecule has 0 aromatic heterocycles. The third-order valence-corrected chi connectivity index (χ3v) is 3.98. The quantitative estimate of drug-likeness (QED) is 0.449. The van der Waals surface area contributed by atoms with Crippen LogP contribution in [0.1, 0.15) is 26.3 Å². The van der Waals surface area contributed by atoms with E-state index in [4.69, 9.17) is 4.74 Å². The predicted octanol–water partition coefficient (Wildman–Crippen LogP) is 4.63. The monoisotopic (exact) mass is 345 g/mol. The van der Waals surface area contributed by atoms with Crippen molar-refractivity contribution in [3.8, 4) is 0 Å². The molecule has 0 bridgehead atoms. The molecule has 0 amide bonds. The molecule has 2 aromatic carbocycles. The number of ether oxygens (including phenoxy) is 1. The van der Waals surface area contributed by atoms with Crippen LogP contribution in [-0.4, -0.2) is 16.5 Å². The second-order valence-corrected chi connectivity index (χ2v) is 7.37. The van der Waals surface area contributed by atoms with Crippen LogP contribution in [0.3, 0.4) is 0 Å². The molecule has 0 fully saturated rings. The zero-order valence-corrected chi connectivity index (χ0v) is 14.6. The zero-order valence-electron chi connectivity index (χ0n) is 13.8. The van der Waals surface area contributed by atoms with Crippen molar-refractivity contribution < 1.29 is 14.5 Å². The van der Waals surface area contributed by atoms with Crippen molar-refractivity contribution in [1.82, 2.24) is 0 Å². The summed E-state index contributed by atoms with van der Waals surface area (Å²) in [6.45, 7) is 5.29. The summed E-state index contributed by atoms with van der Waals surface area (Å²) in [6.07, 6.45) is -0.128. The van der Waals surface area contributed by atoms with Crippen LogP contribution in [0.4, 0.5) is 5.69 Å². The Kier molecular flexibility index (Phi) is 5.62. The Balaban J connectivity index is 2.25. The van der Waals surface area contributed by atoms with E-state index >= 15 is 0 Å². The molecular formula is C18H19NO4S. The van der Waals surface area contributed by atoms with Gasteiger partial charge in [0.25, 0.3) is 5.69 Å². The standard InChI is InChI=1S/C18H19NO4S/c1-18(2,3)23-17(20)12-13-11-15(9-10-16(13)19(21)22)24-14-7-5-4-6-8-14/h4-11H,12H2,1-3H3. The van der Waals surface area contributed by atoms with Crippen LogP contribution < -0.4 is 0 Å². The van der Waals surface area contributed by atoms with Gasteiger partial charge in [-0.25, -0.2) is 0 Å².